The summed E-state index contributed by atoms with van der Waals surface area (Å²) in [7, 11) is 4.51. The number of carbonyl (C=O) groups is 1. The molecule has 0 saturated carbocycles. The van der Waals surface area contributed by atoms with Crippen LogP contribution in [0.3, 0.4) is 0 Å². The van der Waals surface area contributed by atoms with Crippen LogP contribution in [0.1, 0.15) is 16.2 Å². The Kier molecular flexibility index (Phi) is 6.46. The van der Waals surface area contributed by atoms with Gasteiger partial charge in [0.25, 0.3) is 5.89 Å². The van der Waals surface area contributed by atoms with Crippen molar-refractivity contribution >= 4 is 29.2 Å². The van der Waals surface area contributed by atoms with E-state index in [9.17, 15) is 4.79 Å². The van der Waals surface area contributed by atoms with Gasteiger partial charge in [-0.15, -0.1) is 10.2 Å². The fraction of sp³-hybridized carbons (Fsp3) is 0.211. The molecule has 0 spiro atoms. The summed E-state index contributed by atoms with van der Waals surface area (Å²) >= 11 is 11.9. The summed E-state index contributed by atoms with van der Waals surface area (Å²) in [5.41, 5.74) is 0.686. The maximum absolute atomic E-state index is 12.2. The van der Waals surface area contributed by atoms with E-state index in [0.29, 0.717) is 22.8 Å². The first-order valence-corrected chi connectivity index (χ1v) is 8.98. The molecule has 0 aliphatic rings. The number of aromatic nitrogens is 2. The molecule has 3 rings (SSSR count). The van der Waals surface area contributed by atoms with Crippen molar-refractivity contribution in [3.63, 3.8) is 0 Å². The van der Waals surface area contributed by atoms with Crippen LogP contribution in [0, 0.1) is 0 Å². The molecule has 0 amide bonds. The van der Waals surface area contributed by atoms with E-state index < -0.39 is 5.97 Å². The summed E-state index contributed by atoms with van der Waals surface area (Å²) in [6.07, 6.45) is 0. The maximum atomic E-state index is 12.2. The predicted octanol–water partition coefficient (Wildman–Crippen LogP) is 4.43. The largest absolute Gasteiger partial charge is 0.493 e. The summed E-state index contributed by atoms with van der Waals surface area (Å²) in [5.74, 6) is 0.930. The highest BCUT2D eigenvalue weighted by Crippen LogP contribution is 2.40. The number of hydrogen-bond acceptors (Lipinski definition) is 8. The fourth-order valence-electron chi connectivity index (χ4n) is 2.50. The van der Waals surface area contributed by atoms with Crippen molar-refractivity contribution in [2.75, 3.05) is 21.3 Å². The van der Waals surface area contributed by atoms with Crippen LogP contribution in [0.4, 0.5) is 0 Å². The molecule has 0 unspecified atom stereocenters. The lowest BCUT2D eigenvalue weighted by Crippen LogP contribution is -2.06. The molecular formula is C19H16Cl2N2O6. The Balaban J connectivity index is 1.77. The Morgan fingerprint density at radius 2 is 1.72 bits per heavy atom. The number of halogens is 2. The number of benzene rings is 2. The molecule has 0 atom stereocenters. The van der Waals surface area contributed by atoms with E-state index in [-0.39, 0.29) is 34.0 Å². The number of nitrogens with zero attached hydrogens (tertiary/aromatic N) is 2. The maximum Gasteiger partial charge on any atom is 0.340 e. The molecule has 0 aliphatic heterocycles. The second-order valence-electron chi connectivity index (χ2n) is 5.59. The SMILES string of the molecule is COc1cc(-c2nnc(COC(=O)c3cccc(Cl)c3Cl)o2)cc(OC)c1OC. The van der Waals surface area contributed by atoms with Crippen molar-refractivity contribution in [3.8, 4) is 28.7 Å². The summed E-state index contributed by atoms with van der Waals surface area (Å²) in [6.45, 7) is -0.237. The van der Waals surface area contributed by atoms with E-state index >= 15 is 0 Å². The van der Waals surface area contributed by atoms with Crippen LogP contribution in [-0.2, 0) is 11.3 Å². The highest BCUT2D eigenvalue weighted by Gasteiger charge is 2.19. The number of hydrogen-bond donors (Lipinski definition) is 0. The molecule has 3 aromatic rings. The summed E-state index contributed by atoms with van der Waals surface area (Å²) in [4.78, 5) is 12.2. The minimum Gasteiger partial charge on any atom is -0.493 e. The third-order valence-electron chi connectivity index (χ3n) is 3.88. The van der Waals surface area contributed by atoms with Crippen molar-refractivity contribution in [2.45, 2.75) is 6.61 Å². The van der Waals surface area contributed by atoms with E-state index in [4.69, 9.17) is 46.6 Å². The van der Waals surface area contributed by atoms with E-state index in [1.54, 1.807) is 24.3 Å². The van der Waals surface area contributed by atoms with Crippen LogP contribution in [-0.4, -0.2) is 37.5 Å². The molecule has 1 aromatic heterocycles. The smallest absolute Gasteiger partial charge is 0.340 e. The molecule has 0 N–H and O–H groups in total. The van der Waals surface area contributed by atoms with Gasteiger partial charge in [-0.3, -0.25) is 0 Å². The molecule has 10 heteroatoms. The molecule has 1 heterocycles. The van der Waals surface area contributed by atoms with Crippen LogP contribution in [0.5, 0.6) is 17.2 Å². The Labute approximate surface area is 176 Å². The molecule has 2 aromatic carbocycles. The van der Waals surface area contributed by atoms with E-state index in [1.165, 1.54) is 27.4 Å². The third-order valence-corrected chi connectivity index (χ3v) is 4.70. The summed E-state index contributed by atoms with van der Waals surface area (Å²) < 4.78 is 26.7. The van der Waals surface area contributed by atoms with Gasteiger partial charge in [-0.2, -0.15) is 0 Å². The quantitative estimate of drug-likeness (QED) is 0.500. The summed E-state index contributed by atoms with van der Waals surface area (Å²) in [6, 6.07) is 8.00. The minimum absolute atomic E-state index is 0.0975. The van der Waals surface area contributed by atoms with Crippen molar-refractivity contribution in [1.29, 1.82) is 0 Å². The van der Waals surface area contributed by atoms with Gasteiger partial charge >= 0.3 is 5.97 Å². The third kappa shape index (κ3) is 4.38. The molecule has 152 valence electrons. The highest BCUT2D eigenvalue weighted by molar-refractivity contribution is 6.43. The molecule has 0 fully saturated rings. The first-order valence-electron chi connectivity index (χ1n) is 8.22. The van der Waals surface area contributed by atoms with E-state index in [0.717, 1.165) is 0 Å². The first-order chi connectivity index (χ1) is 14.0. The van der Waals surface area contributed by atoms with Gasteiger partial charge in [0, 0.05) is 5.56 Å². The van der Waals surface area contributed by atoms with Gasteiger partial charge < -0.3 is 23.4 Å². The van der Waals surface area contributed by atoms with Crippen LogP contribution < -0.4 is 14.2 Å². The average Bonchev–Trinajstić information content (AvgIpc) is 3.21. The van der Waals surface area contributed by atoms with Crippen molar-refractivity contribution in [1.82, 2.24) is 10.2 Å². The van der Waals surface area contributed by atoms with Crippen molar-refractivity contribution in [2.24, 2.45) is 0 Å². The zero-order valence-electron chi connectivity index (χ0n) is 15.7. The van der Waals surface area contributed by atoms with Gasteiger partial charge in [0.2, 0.25) is 11.6 Å². The predicted molar refractivity (Wildman–Crippen MR) is 105 cm³/mol. The number of methoxy groups -OCH3 is 3. The average molecular weight is 439 g/mol. The molecule has 0 radical (unpaired) electrons. The van der Waals surface area contributed by atoms with Gasteiger partial charge in [0.05, 0.1) is 36.9 Å². The molecule has 0 aliphatic carbocycles. The zero-order chi connectivity index (χ0) is 21.0. The Hall–Kier alpha value is -2.97. The van der Waals surface area contributed by atoms with Crippen LogP contribution in [0.15, 0.2) is 34.7 Å². The van der Waals surface area contributed by atoms with Gasteiger partial charge in [-0.1, -0.05) is 29.3 Å². The molecular weight excluding hydrogens is 423 g/mol. The lowest BCUT2D eigenvalue weighted by molar-refractivity contribution is 0.0439. The molecule has 29 heavy (non-hydrogen) atoms. The number of esters is 1. The Bertz CT molecular complexity index is 1010. The molecule has 8 nitrogen and oxygen atoms in total. The van der Waals surface area contributed by atoms with E-state index in [1.807, 2.05) is 0 Å². The van der Waals surface area contributed by atoms with Crippen LogP contribution in [0.2, 0.25) is 10.0 Å². The summed E-state index contributed by atoms with van der Waals surface area (Å²) in [5, 5.41) is 8.22. The molecule has 0 saturated heterocycles. The second kappa shape index (κ2) is 9.02. The lowest BCUT2D eigenvalue weighted by atomic mass is 10.2. The Morgan fingerprint density at radius 1 is 1.03 bits per heavy atom. The molecule has 0 bridgehead atoms. The second-order valence-corrected chi connectivity index (χ2v) is 6.38. The Morgan fingerprint density at radius 3 is 2.34 bits per heavy atom. The fourth-order valence-corrected chi connectivity index (χ4v) is 2.88. The van der Waals surface area contributed by atoms with Gasteiger partial charge in [0.15, 0.2) is 18.1 Å². The standard InChI is InChI=1S/C19H16Cl2N2O6/c1-25-13-7-10(8-14(26-2)17(13)27-3)18-23-22-15(29-18)9-28-19(24)11-5-4-6-12(20)16(11)21/h4-8H,9H2,1-3H3. The van der Waals surface area contributed by atoms with Gasteiger partial charge in [-0.25, -0.2) is 4.79 Å². The first kappa shape index (κ1) is 20.8. The normalized spacial score (nSPS) is 10.5. The minimum atomic E-state index is -0.662. The highest BCUT2D eigenvalue weighted by atomic mass is 35.5. The lowest BCUT2D eigenvalue weighted by Gasteiger charge is -2.12. The number of carbonyl (C=O) groups excluding carboxylic acids is 1. The van der Waals surface area contributed by atoms with Crippen LogP contribution >= 0.6 is 23.2 Å². The van der Waals surface area contributed by atoms with Crippen molar-refractivity contribution < 1.29 is 28.2 Å². The zero-order valence-corrected chi connectivity index (χ0v) is 17.2. The number of ether oxygens (including phenoxy) is 4. The van der Waals surface area contributed by atoms with Gasteiger partial charge in [-0.05, 0) is 24.3 Å². The van der Waals surface area contributed by atoms with Crippen LogP contribution in [0.25, 0.3) is 11.5 Å². The van der Waals surface area contributed by atoms with E-state index in [2.05, 4.69) is 10.2 Å². The number of rotatable bonds is 7. The van der Waals surface area contributed by atoms with Crippen molar-refractivity contribution in [3.05, 3.63) is 51.8 Å². The monoisotopic (exact) mass is 438 g/mol. The van der Waals surface area contributed by atoms with Gasteiger partial charge in [0.1, 0.15) is 0 Å². The topological polar surface area (TPSA) is 92.9 Å².